The Balaban J connectivity index is 2.16. The van der Waals surface area contributed by atoms with Crippen molar-refractivity contribution in [2.45, 2.75) is 45.2 Å². The molecule has 4 heteroatoms. The summed E-state index contributed by atoms with van der Waals surface area (Å²) in [5, 5.41) is 0.764. The molecule has 0 heterocycles. The van der Waals surface area contributed by atoms with Gasteiger partial charge in [0.05, 0.1) is 5.02 Å². The highest BCUT2D eigenvalue weighted by Gasteiger charge is 2.33. The van der Waals surface area contributed by atoms with Crippen LogP contribution in [0.5, 0.6) is 0 Å². The van der Waals surface area contributed by atoms with Crippen LogP contribution in [0.2, 0.25) is 5.02 Å². The van der Waals surface area contributed by atoms with E-state index in [9.17, 15) is 0 Å². The second-order valence-corrected chi connectivity index (χ2v) is 7.34. The van der Waals surface area contributed by atoms with Crippen LogP contribution in [0.25, 0.3) is 0 Å². The molecular weight excluding hydrogens is 336 g/mol. The molecule has 0 aromatic heterocycles. The van der Waals surface area contributed by atoms with Crippen LogP contribution in [0.1, 0.15) is 44.7 Å². The van der Waals surface area contributed by atoms with Crippen molar-refractivity contribution in [2.24, 2.45) is 11.7 Å². The van der Waals surface area contributed by atoms with Crippen LogP contribution < -0.4 is 5.73 Å². The van der Waals surface area contributed by atoms with Crippen molar-refractivity contribution in [2.75, 3.05) is 13.1 Å². The van der Waals surface area contributed by atoms with Gasteiger partial charge in [-0.2, -0.15) is 0 Å². The second-order valence-electron chi connectivity index (χ2n) is 6.08. The van der Waals surface area contributed by atoms with Gasteiger partial charge in [-0.25, -0.2) is 0 Å². The molecule has 0 spiro atoms. The molecule has 0 bridgehead atoms. The number of hydrogen-bond donors (Lipinski definition) is 1. The Kier molecular flexibility index (Phi) is 5.91. The zero-order valence-electron chi connectivity index (χ0n) is 12.3. The Morgan fingerprint density at radius 3 is 2.60 bits per heavy atom. The van der Waals surface area contributed by atoms with Crippen molar-refractivity contribution in [3.8, 4) is 0 Å². The van der Waals surface area contributed by atoms with Crippen LogP contribution in [0.4, 0.5) is 0 Å². The molecule has 2 nitrogen and oxygen atoms in total. The van der Waals surface area contributed by atoms with Gasteiger partial charge in [0.25, 0.3) is 0 Å². The molecule has 0 radical (unpaired) electrons. The molecule has 2 N–H and O–H groups in total. The lowest BCUT2D eigenvalue weighted by Gasteiger charge is -2.32. The number of hydrogen-bond acceptors (Lipinski definition) is 2. The van der Waals surface area contributed by atoms with Crippen LogP contribution in [0.3, 0.4) is 0 Å². The molecule has 112 valence electrons. The smallest absolute Gasteiger partial charge is 0.0551 e. The van der Waals surface area contributed by atoms with Crippen molar-refractivity contribution >= 4 is 27.5 Å². The molecule has 1 aromatic rings. The van der Waals surface area contributed by atoms with E-state index in [1.165, 1.54) is 24.8 Å². The molecule has 1 aliphatic rings. The summed E-state index contributed by atoms with van der Waals surface area (Å²) in [6, 6.07) is 7.21. The second kappa shape index (κ2) is 7.26. The average molecular weight is 360 g/mol. The summed E-state index contributed by atoms with van der Waals surface area (Å²) >= 11 is 9.69. The SMILES string of the molecule is CC(C)CCN(C1CC1)C(CN)c1ccc(Br)c(Cl)c1. The van der Waals surface area contributed by atoms with Gasteiger partial charge in [0.1, 0.15) is 0 Å². The van der Waals surface area contributed by atoms with E-state index in [4.69, 9.17) is 17.3 Å². The third-order valence-corrected chi connectivity index (χ3v) is 5.17. The highest BCUT2D eigenvalue weighted by molar-refractivity contribution is 9.10. The van der Waals surface area contributed by atoms with Gasteiger partial charge in [-0.1, -0.05) is 31.5 Å². The first-order chi connectivity index (χ1) is 9.52. The van der Waals surface area contributed by atoms with Crippen LogP contribution in [-0.2, 0) is 0 Å². The van der Waals surface area contributed by atoms with Crippen LogP contribution in [0, 0.1) is 5.92 Å². The van der Waals surface area contributed by atoms with Crippen molar-refractivity contribution in [3.63, 3.8) is 0 Å². The first-order valence-corrected chi connectivity index (χ1v) is 8.60. The Bertz CT molecular complexity index is 446. The van der Waals surface area contributed by atoms with E-state index in [2.05, 4.69) is 40.7 Å². The van der Waals surface area contributed by atoms with E-state index >= 15 is 0 Å². The molecule has 1 atom stereocenters. The van der Waals surface area contributed by atoms with Crippen molar-refractivity contribution in [1.82, 2.24) is 4.90 Å². The summed E-state index contributed by atoms with van der Waals surface area (Å²) in [7, 11) is 0. The van der Waals surface area contributed by atoms with Gasteiger partial charge in [0, 0.05) is 23.1 Å². The van der Waals surface area contributed by atoms with Gasteiger partial charge in [-0.3, -0.25) is 4.90 Å². The standard InChI is InChI=1S/C16H24BrClN2/c1-11(2)7-8-20(13-4-5-13)16(10-19)12-3-6-14(17)15(18)9-12/h3,6,9,11,13,16H,4-5,7-8,10,19H2,1-2H3. The van der Waals surface area contributed by atoms with Crippen molar-refractivity contribution in [3.05, 3.63) is 33.3 Å². The third-order valence-electron chi connectivity index (χ3n) is 3.93. The maximum Gasteiger partial charge on any atom is 0.0551 e. The lowest BCUT2D eigenvalue weighted by molar-refractivity contribution is 0.181. The van der Waals surface area contributed by atoms with E-state index in [1.807, 2.05) is 12.1 Å². The van der Waals surface area contributed by atoms with Crippen molar-refractivity contribution in [1.29, 1.82) is 0 Å². The van der Waals surface area contributed by atoms with E-state index in [0.29, 0.717) is 12.6 Å². The summed E-state index contributed by atoms with van der Waals surface area (Å²) < 4.78 is 0.943. The maximum atomic E-state index is 6.24. The third kappa shape index (κ3) is 4.20. The van der Waals surface area contributed by atoms with Crippen LogP contribution in [0.15, 0.2) is 22.7 Å². The monoisotopic (exact) mass is 358 g/mol. The normalized spacial score (nSPS) is 16.9. The van der Waals surface area contributed by atoms with Crippen molar-refractivity contribution < 1.29 is 0 Å². The predicted octanol–water partition coefficient (Wildman–Crippen LogP) is 4.61. The maximum absolute atomic E-state index is 6.24. The fourth-order valence-electron chi connectivity index (χ4n) is 2.59. The van der Waals surface area contributed by atoms with Gasteiger partial charge in [-0.15, -0.1) is 0 Å². The zero-order chi connectivity index (χ0) is 14.7. The molecule has 0 saturated heterocycles. The summed E-state index contributed by atoms with van der Waals surface area (Å²) in [5.41, 5.74) is 7.30. The predicted molar refractivity (Wildman–Crippen MR) is 90.1 cm³/mol. The molecule has 0 amide bonds. The van der Waals surface area contributed by atoms with E-state index in [-0.39, 0.29) is 6.04 Å². The molecule has 1 aliphatic carbocycles. The lowest BCUT2D eigenvalue weighted by Crippen LogP contribution is -2.36. The highest BCUT2D eigenvalue weighted by Crippen LogP contribution is 2.36. The number of nitrogens with zero attached hydrogens (tertiary/aromatic N) is 1. The van der Waals surface area contributed by atoms with Crippen LogP contribution >= 0.6 is 27.5 Å². The number of benzene rings is 1. The molecule has 1 aromatic carbocycles. The Morgan fingerprint density at radius 1 is 1.40 bits per heavy atom. The zero-order valence-corrected chi connectivity index (χ0v) is 14.6. The topological polar surface area (TPSA) is 29.3 Å². The summed E-state index contributed by atoms with van der Waals surface area (Å²) in [6.45, 7) is 6.32. The van der Waals surface area contributed by atoms with Gasteiger partial charge in [-0.05, 0) is 65.4 Å². The van der Waals surface area contributed by atoms with Crippen LogP contribution in [-0.4, -0.2) is 24.0 Å². The number of rotatable bonds is 7. The minimum absolute atomic E-state index is 0.284. The van der Waals surface area contributed by atoms with E-state index in [0.717, 1.165) is 22.0 Å². The summed E-state index contributed by atoms with van der Waals surface area (Å²) in [6.07, 6.45) is 3.83. The molecule has 0 aliphatic heterocycles. The first-order valence-electron chi connectivity index (χ1n) is 7.43. The number of nitrogens with two attached hydrogens (primary N) is 1. The van der Waals surface area contributed by atoms with Gasteiger partial charge in [0.2, 0.25) is 0 Å². The van der Waals surface area contributed by atoms with Gasteiger partial charge < -0.3 is 5.73 Å². The Labute approximate surface area is 135 Å². The molecule has 1 unspecified atom stereocenters. The summed E-state index contributed by atoms with van der Waals surface area (Å²) in [4.78, 5) is 2.58. The highest BCUT2D eigenvalue weighted by atomic mass is 79.9. The largest absolute Gasteiger partial charge is 0.329 e. The molecule has 1 saturated carbocycles. The molecular formula is C16H24BrClN2. The molecule has 1 fully saturated rings. The average Bonchev–Trinajstić information content (AvgIpc) is 3.22. The van der Waals surface area contributed by atoms with E-state index < -0.39 is 0 Å². The Morgan fingerprint density at radius 2 is 2.10 bits per heavy atom. The summed E-state index contributed by atoms with van der Waals surface area (Å²) in [5.74, 6) is 0.725. The number of halogens is 2. The molecule has 2 rings (SSSR count). The van der Waals surface area contributed by atoms with Gasteiger partial charge >= 0.3 is 0 Å². The first kappa shape index (κ1) is 16.3. The minimum Gasteiger partial charge on any atom is -0.329 e. The van der Waals surface area contributed by atoms with Gasteiger partial charge in [0.15, 0.2) is 0 Å². The quantitative estimate of drug-likeness (QED) is 0.770. The fraction of sp³-hybridized carbons (Fsp3) is 0.625. The Hall–Kier alpha value is -0.0900. The lowest BCUT2D eigenvalue weighted by atomic mass is 10.0. The minimum atomic E-state index is 0.284. The molecule has 20 heavy (non-hydrogen) atoms. The fourth-order valence-corrected chi connectivity index (χ4v) is 3.02. The van der Waals surface area contributed by atoms with E-state index in [1.54, 1.807) is 0 Å².